The van der Waals surface area contributed by atoms with Gasteiger partial charge in [0.05, 0.1) is 5.65 Å². The Morgan fingerprint density at radius 1 is 1.00 bits per heavy atom. The van der Waals surface area contributed by atoms with Crippen LogP contribution in [0, 0.1) is 6.07 Å². The van der Waals surface area contributed by atoms with Crippen LogP contribution in [-0.4, -0.2) is 13.8 Å². The molecular formula is C15H16IrN3-. The molecule has 1 aromatic carbocycles. The summed E-state index contributed by atoms with van der Waals surface area (Å²) in [6.07, 6.45) is 5.86. The second-order valence-corrected chi connectivity index (χ2v) is 3.79. The Labute approximate surface area is 126 Å². The van der Waals surface area contributed by atoms with Crippen molar-refractivity contribution in [3.63, 3.8) is 0 Å². The molecule has 3 heterocycles. The van der Waals surface area contributed by atoms with Gasteiger partial charge in [0.1, 0.15) is 5.65 Å². The third-order valence-corrected chi connectivity index (χ3v) is 2.93. The number of fused-ring (bicyclic) bond motifs is 6. The summed E-state index contributed by atoms with van der Waals surface area (Å²) in [6, 6.07) is 13.4. The smallest absolute Gasteiger partial charge is 0.105 e. The fraction of sp³-hybridized carbons (Fsp3) is 0.133. The minimum Gasteiger partial charge on any atom is -0.345 e. The van der Waals surface area contributed by atoms with Gasteiger partial charge in [-0.2, -0.15) is 0 Å². The second-order valence-electron chi connectivity index (χ2n) is 3.79. The van der Waals surface area contributed by atoms with Crippen LogP contribution in [0.2, 0.25) is 0 Å². The largest absolute Gasteiger partial charge is 0.345 e. The third kappa shape index (κ3) is 1.97. The maximum atomic E-state index is 4.39. The van der Waals surface area contributed by atoms with E-state index in [9.17, 15) is 0 Å². The van der Waals surface area contributed by atoms with Gasteiger partial charge >= 0.3 is 0 Å². The topological polar surface area (TPSA) is 21.7 Å². The van der Waals surface area contributed by atoms with Crippen molar-refractivity contribution in [2.75, 3.05) is 0 Å². The van der Waals surface area contributed by atoms with Crippen molar-refractivity contribution in [3.05, 3.63) is 55.0 Å². The summed E-state index contributed by atoms with van der Waals surface area (Å²) in [5, 5.41) is 1.05. The molecule has 0 amide bonds. The molecule has 0 spiro atoms. The molecule has 3 aromatic heterocycles. The van der Waals surface area contributed by atoms with E-state index in [0.29, 0.717) is 0 Å². The summed E-state index contributed by atoms with van der Waals surface area (Å²) < 4.78 is 4.24. The SMILES string of the molecule is C.C.[Ir].[c-]1cccc2c1c1nccn1c1cccn21. The van der Waals surface area contributed by atoms with Gasteiger partial charge in [0, 0.05) is 38.7 Å². The molecule has 0 fully saturated rings. The van der Waals surface area contributed by atoms with E-state index in [-0.39, 0.29) is 35.0 Å². The molecule has 4 aromatic rings. The zero-order chi connectivity index (χ0) is 10.5. The number of nitrogens with zero attached hydrogens (tertiary/aromatic N) is 3. The molecule has 19 heavy (non-hydrogen) atoms. The molecule has 0 atom stereocenters. The van der Waals surface area contributed by atoms with E-state index in [2.05, 4.69) is 38.2 Å². The standard InChI is InChI=1S/C13H8N3.2CH4.Ir/c1-2-5-11-10(4-1)13-14-7-9-16(13)12-6-3-8-15(11)12;;;/h1-3,5-9H;2*1H4;/q-1;;;. The maximum Gasteiger partial charge on any atom is 0.105 e. The van der Waals surface area contributed by atoms with Crippen LogP contribution >= 0.6 is 0 Å². The summed E-state index contributed by atoms with van der Waals surface area (Å²) in [4.78, 5) is 4.39. The van der Waals surface area contributed by atoms with Crippen LogP contribution in [0.25, 0.3) is 22.2 Å². The van der Waals surface area contributed by atoms with Gasteiger partial charge in [-0.15, -0.1) is 24.3 Å². The fourth-order valence-corrected chi connectivity index (χ4v) is 2.25. The van der Waals surface area contributed by atoms with Gasteiger partial charge in [-0.1, -0.05) is 20.2 Å². The first-order valence-corrected chi connectivity index (χ1v) is 5.18. The third-order valence-electron chi connectivity index (χ3n) is 2.93. The minimum atomic E-state index is 0. The number of rotatable bonds is 0. The summed E-state index contributed by atoms with van der Waals surface area (Å²) in [7, 11) is 0. The van der Waals surface area contributed by atoms with E-state index in [4.69, 9.17) is 0 Å². The Morgan fingerprint density at radius 3 is 2.68 bits per heavy atom. The predicted octanol–water partition coefficient (Wildman–Crippen LogP) is 3.81. The molecule has 0 bridgehead atoms. The number of hydrogen-bond acceptors (Lipinski definition) is 1. The summed E-state index contributed by atoms with van der Waals surface area (Å²) >= 11 is 0. The first-order chi connectivity index (χ1) is 7.95. The number of imidazole rings is 1. The molecule has 0 saturated carbocycles. The van der Waals surface area contributed by atoms with Crippen molar-refractivity contribution in [2.24, 2.45) is 0 Å². The molecule has 0 N–H and O–H groups in total. The summed E-state index contributed by atoms with van der Waals surface area (Å²) in [5.74, 6) is 0. The molecule has 0 aliphatic rings. The molecule has 3 nitrogen and oxygen atoms in total. The number of benzene rings is 1. The molecule has 4 rings (SSSR count). The van der Waals surface area contributed by atoms with Crippen molar-refractivity contribution >= 4 is 22.2 Å². The molecular weight excluding hydrogens is 414 g/mol. The van der Waals surface area contributed by atoms with Crippen molar-refractivity contribution in [1.29, 1.82) is 0 Å². The zero-order valence-corrected chi connectivity index (χ0v) is 11.2. The van der Waals surface area contributed by atoms with Crippen LogP contribution in [0.1, 0.15) is 14.9 Å². The van der Waals surface area contributed by atoms with Crippen LogP contribution in [0.4, 0.5) is 0 Å². The van der Waals surface area contributed by atoms with Gasteiger partial charge in [0.15, 0.2) is 0 Å². The molecule has 0 aliphatic carbocycles. The average Bonchev–Trinajstić information content (AvgIpc) is 2.98. The Balaban J connectivity index is 0.000000602. The molecule has 0 aliphatic heterocycles. The van der Waals surface area contributed by atoms with Crippen molar-refractivity contribution in [1.82, 2.24) is 13.8 Å². The molecule has 0 unspecified atom stereocenters. The monoisotopic (exact) mass is 431 g/mol. The van der Waals surface area contributed by atoms with Crippen LogP contribution in [-0.2, 0) is 20.1 Å². The Bertz CT molecular complexity index is 745. The Hall–Kier alpha value is -1.64. The van der Waals surface area contributed by atoms with Gasteiger partial charge in [0.2, 0.25) is 0 Å². The van der Waals surface area contributed by atoms with E-state index in [1.807, 2.05) is 30.6 Å². The van der Waals surface area contributed by atoms with E-state index in [1.165, 1.54) is 0 Å². The molecule has 101 valence electrons. The van der Waals surface area contributed by atoms with Crippen molar-refractivity contribution < 1.29 is 20.1 Å². The van der Waals surface area contributed by atoms with E-state index < -0.39 is 0 Å². The number of aromatic nitrogens is 3. The first-order valence-electron chi connectivity index (χ1n) is 5.18. The van der Waals surface area contributed by atoms with Gasteiger partial charge in [0.25, 0.3) is 0 Å². The average molecular weight is 431 g/mol. The Kier molecular flexibility index (Phi) is 4.51. The van der Waals surface area contributed by atoms with Gasteiger partial charge < -0.3 is 8.80 Å². The quantitative estimate of drug-likeness (QED) is 0.389. The number of hydrogen-bond donors (Lipinski definition) is 0. The zero-order valence-electron chi connectivity index (χ0n) is 8.79. The fourth-order valence-electron chi connectivity index (χ4n) is 2.25. The summed E-state index contributed by atoms with van der Waals surface area (Å²) in [5.41, 5.74) is 3.22. The predicted molar refractivity (Wildman–Crippen MR) is 76.0 cm³/mol. The summed E-state index contributed by atoms with van der Waals surface area (Å²) in [6.45, 7) is 0. The Morgan fingerprint density at radius 2 is 1.84 bits per heavy atom. The van der Waals surface area contributed by atoms with E-state index in [1.54, 1.807) is 0 Å². The van der Waals surface area contributed by atoms with Crippen molar-refractivity contribution in [3.8, 4) is 0 Å². The minimum absolute atomic E-state index is 0. The van der Waals surface area contributed by atoms with Crippen LogP contribution in [0.3, 0.4) is 0 Å². The normalized spacial score (nSPS) is 9.89. The molecule has 1 radical (unpaired) electrons. The van der Waals surface area contributed by atoms with E-state index in [0.717, 1.165) is 22.2 Å². The molecule has 4 heteroatoms. The van der Waals surface area contributed by atoms with Crippen LogP contribution in [0.15, 0.2) is 48.9 Å². The van der Waals surface area contributed by atoms with Crippen LogP contribution < -0.4 is 0 Å². The second kappa shape index (κ2) is 5.55. The van der Waals surface area contributed by atoms with Crippen LogP contribution in [0.5, 0.6) is 0 Å². The molecule has 0 saturated heterocycles. The van der Waals surface area contributed by atoms with E-state index >= 15 is 0 Å². The first kappa shape index (κ1) is 15.4. The van der Waals surface area contributed by atoms with Gasteiger partial charge in [-0.05, 0) is 17.6 Å². The van der Waals surface area contributed by atoms with Gasteiger partial charge in [-0.25, -0.2) is 0 Å². The maximum absolute atomic E-state index is 4.39. The van der Waals surface area contributed by atoms with Crippen molar-refractivity contribution in [2.45, 2.75) is 14.9 Å². The van der Waals surface area contributed by atoms with Gasteiger partial charge in [-0.3, -0.25) is 4.98 Å².